The summed E-state index contributed by atoms with van der Waals surface area (Å²) in [6, 6.07) is 10.5. The van der Waals surface area contributed by atoms with Gasteiger partial charge in [0.25, 0.3) is 0 Å². The zero-order valence-electron chi connectivity index (χ0n) is 13.9. The molecular weight excluding hydrogens is 356 g/mol. The average Bonchev–Trinajstić information content (AvgIpc) is 3.16. The Kier molecular flexibility index (Phi) is 5.91. The molecule has 0 fully saturated rings. The lowest BCUT2D eigenvalue weighted by molar-refractivity contribution is 0.209. The van der Waals surface area contributed by atoms with Crippen molar-refractivity contribution in [1.29, 1.82) is 0 Å². The number of halogens is 2. The molecule has 0 saturated heterocycles. The Bertz CT molecular complexity index is 836. The summed E-state index contributed by atoms with van der Waals surface area (Å²) in [5, 5.41) is 4.32. The van der Waals surface area contributed by atoms with E-state index in [1.54, 1.807) is 29.8 Å². The number of carbonyl (C=O) groups excluding carboxylic acids is 1. The lowest BCUT2D eigenvalue weighted by atomic mass is 10.2. The van der Waals surface area contributed by atoms with Crippen LogP contribution >= 0.6 is 11.3 Å². The molecule has 26 heavy (non-hydrogen) atoms. The van der Waals surface area contributed by atoms with Crippen LogP contribution in [0.5, 0.6) is 0 Å². The van der Waals surface area contributed by atoms with Crippen LogP contribution in [-0.4, -0.2) is 22.5 Å². The van der Waals surface area contributed by atoms with Gasteiger partial charge in [0.15, 0.2) is 0 Å². The van der Waals surface area contributed by atoms with E-state index in [1.165, 1.54) is 11.0 Å². The molecule has 0 saturated carbocycles. The van der Waals surface area contributed by atoms with Gasteiger partial charge >= 0.3 is 6.03 Å². The minimum Gasteiger partial charge on any atom is -0.320 e. The third-order valence-electron chi connectivity index (χ3n) is 3.79. The first-order valence-electron chi connectivity index (χ1n) is 8.04. The van der Waals surface area contributed by atoms with Gasteiger partial charge in [-0.3, -0.25) is 4.98 Å². The van der Waals surface area contributed by atoms with E-state index < -0.39 is 23.4 Å². The fraction of sp³-hybridized carbons (Fsp3) is 0.158. The number of para-hydroxylation sites is 1. The molecule has 0 radical (unpaired) electrons. The predicted octanol–water partition coefficient (Wildman–Crippen LogP) is 4.70. The SMILES string of the molecule is O=C(Nc1c(F)cccc1F)N(CCc1cccs1)Cc1cccnc1. The molecule has 0 unspecified atom stereocenters. The highest BCUT2D eigenvalue weighted by Gasteiger charge is 2.18. The lowest BCUT2D eigenvalue weighted by Crippen LogP contribution is -2.36. The van der Waals surface area contributed by atoms with E-state index in [4.69, 9.17) is 0 Å². The maximum absolute atomic E-state index is 13.8. The van der Waals surface area contributed by atoms with Crippen molar-refractivity contribution in [3.05, 3.63) is 82.3 Å². The lowest BCUT2D eigenvalue weighted by Gasteiger charge is -2.23. The number of amides is 2. The molecule has 2 heterocycles. The second-order valence-corrected chi connectivity index (χ2v) is 6.67. The summed E-state index contributed by atoms with van der Waals surface area (Å²) < 4.78 is 27.7. The van der Waals surface area contributed by atoms with Crippen LogP contribution < -0.4 is 5.32 Å². The van der Waals surface area contributed by atoms with Crippen LogP contribution in [0.25, 0.3) is 0 Å². The smallest absolute Gasteiger partial charge is 0.320 e. The fourth-order valence-electron chi connectivity index (χ4n) is 2.47. The number of urea groups is 1. The second kappa shape index (κ2) is 8.53. The molecule has 2 amide bonds. The normalized spacial score (nSPS) is 10.5. The molecule has 134 valence electrons. The predicted molar refractivity (Wildman–Crippen MR) is 98.0 cm³/mol. The minimum absolute atomic E-state index is 0.293. The van der Waals surface area contributed by atoms with Crippen LogP contribution in [0, 0.1) is 11.6 Å². The second-order valence-electron chi connectivity index (χ2n) is 5.64. The van der Waals surface area contributed by atoms with Gasteiger partial charge in [-0.15, -0.1) is 11.3 Å². The largest absolute Gasteiger partial charge is 0.322 e. The van der Waals surface area contributed by atoms with E-state index in [-0.39, 0.29) is 0 Å². The number of rotatable bonds is 6. The first-order chi connectivity index (χ1) is 12.6. The highest BCUT2D eigenvalue weighted by molar-refractivity contribution is 7.09. The Hall–Kier alpha value is -2.80. The number of hydrogen-bond donors (Lipinski definition) is 1. The Morgan fingerprint density at radius 1 is 1.12 bits per heavy atom. The number of thiophene rings is 1. The number of pyridine rings is 1. The monoisotopic (exact) mass is 373 g/mol. The summed E-state index contributed by atoms with van der Waals surface area (Å²) in [5.41, 5.74) is 0.396. The molecule has 0 aliphatic rings. The van der Waals surface area contributed by atoms with Gasteiger partial charge in [-0.2, -0.15) is 0 Å². The van der Waals surface area contributed by atoms with Gasteiger partial charge in [-0.25, -0.2) is 13.6 Å². The third kappa shape index (κ3) is 4.64. The number of nitrogens with zero attached hydrogens (tertiary/aromatic N) is 2. The summed E-state index contributed by atoms with van der Waals surface area (Å²) in [5.74, 6) is -1.61. The maximum atomic E-state index is 13.8. The molecule has 0 aliphatic carbocycles. The molecule has 0 atom stereocenters. The van der Waals surface area contributed by atoms with Crippen molar-refractivity contribution < 1.29 is 13.6 Å². The molecule has 3 rings (SSSR count). The summed E-state index contributed by atoms with van der Waals surface area (Å²) in [7, 11) is 0. The van der Waals surface area contributed by atoms with E-state index in [0.717, 1.165) is 22.6 Å². The van der Waals surface area contributed by atoms with Crippen molar-refractivity contribution in [2.45, 2.75) is 13.0 Å². The Morgan fingerprint density at radius 2 is 1.92 bits per heavy atom. The van der Waals surface area contributed by atoms with Gasteiger partial charge in [0, 0.05) is 30.4 Å². The molecule has 0 bridgehead atoms. The van der Waals surface area contributed by atoms with E-state index in [1.807, 2.05) is 23.6 Å². The number of nitrogens with one attached hydrogen (secondary N) is 1. The van der Waals surface area contributed by atoms with Crippen molar-refractivity contribution in [3.8, 4) is 0 Å². The number of anilines is 1. The van der Waals surface area contributed by atoms with Crippen molar-refractivity contribution in [3.63, 3.8) is 0 Å². The van der Waals surface area contributed by atoms with Crippen LogP contribution in [0.15, 0.2) is 60.2 Å². The van der Waals surface area contributed by atoms with Crippen LogP contribution in [0.1, 0.15) is 10.4 Å². The summed E-state index contributed by atoms with van der Waals surface area (Å²) >= 11 is 1.60. The third-order valence-corrected chi connectivity index (χ3v) is 4.72. The zero-order valence-corrected chi connectivity index (χ0v) is 14.7. The molecular formula is C19H17F2N3OS. The average molecular weight is 373 g/mol. The van der Waals surface area contributed by atoms with Crippen LogP contribution in [0.4, 0.5) is 19.3 Å². The fourth-order valence-corrected chi connectivity index (χ4v) is 3.17. The summed E-state index contributed by atoms with van der Waals surface area (Å²) in [6.07, 6.45) is 3.97. The molecule has 1 N–H and O–H groups in total. The van der Waals surface area contributed by atoms with Crippen molar-refractivity contribution in [2.75, 3.05) is 11.9 Å². The molecule has 0 aliphatic heterocycles. The standard InChI is InChI=1S/C19H17F2N3OS/c20-16-6-1-7-17(21)18(16)23-19(25)24(10-8-15-5-3-11-26-15)13-14-4-2-9-22-12-14/h1-7,9,11-12H,8,10,13H2,(H,23,25). The maximum Gasteiger partial charge on any atom is 0.322 e. The van der Waals surface area contributed by atoms with Crippen molar-refractivity contribution >= 4 is 23.1 Å². The van der Waals surface area contributed by atoms with E-state index in [2.05, 4.69) is 10.3 Å². The van der Waals surface area contributed by atoms with Gasteiger partial charge in [0.05, 0.1) is 0 Å². The zero-order chi connectivity index (χ0) is 18.4. The highest BCUT2D eigenvalue weighted by Crippen LogP contribution is 2.19. The number of hydrogen-bond acceptors (Lipinski definition) is 3. The highest BCUT2D eigenvalue weighted by atomic mass is 32.1. The van der Waals surface area contributed by atoms with Gasteiger partial charge in [0.1, 0.15) is 17.3 Å². The van der Waals surface area contributed by atoms with Crippen LogP contribution in [0.3, 0.4) is 0 Å². The van der Waals surface area contributed by atoms with E-state index in [9.17, 15) is 13.6 Å². The van der Waals surface area contributed by atoms with Gasteiger partial charge < -0.3 is 10.2 Å². The van der Waals surface area contributed by atoms with Gasteiger partial charge in [0.2, 0.25) is 0 Å². The van der Waals surface area contributed by atoms with Gasteiger partial charge in [-0.1, -0.05) is 18.2 Å². The summed E-state index contributed by atoms with van der Waals surface area (Å²) in [4.78, 5) is 19.3. The number of aromatic nitrogens is 1. The number of carbonyl (C=O) groups is 1. The molecule has 7 heteroatoms. The van der Waals surface area contributed by atoms with Crippen molar-refractivity contribution in [1.82, 2.24) is 9.88 Å². The molecule has 3 aromatic rings. The minimum atomic E-state index is -0.807. The number of benzene rings is 1. The van der Waals surface area contributed by atoms with E-state index >= 15 is 0 Å². The van der Waals surface area contributed by atoms with Crippen LogP contribution in [-0.2, 0) is 13.0 Å². The van der Waals surface area contributed by atoms with E-state index in [0.29, 0.717) is 19.5 Å². The molecule has 2 aromatic heterocycles. The van der Waals surface area contributed by atoms with Crippen molar-refractivity contribution in [2.24, 2.45) is 0 Å². The van der Waals surface area contributed by atoms with Crippen LogP contribution in [0.2, 0.25) is 0 Å². The Balaban J connectivity index is 1.75. The Labute approximate surface area is 154 Å². The van der Waals surface area contributed by atoms with Gasteiger partial charge in [-0.05, 0) is 41.6 Å². The topological polar surface area (TPSA) is 45.2 Å². The Morgan fingerprint density at radius 3 is 2.58 bits per heavy atom. The first-order valence-corrected chi connectivity index (χ1v) is 8.92. The molecule has 0 spiro atoms. The molecule has 1 aromatic carbocycles. The first kappa shape index (κ1) is 18.0. The molecule has 4 nitrogen and oxygen atoms in total. The quantitative estimate of drug-likeness (QED) is 0.681. The summed E-state index contributed by atoms with van der Waals surface area (Å²) in [6.45, 7) is 0.707.